The zero-order valence-corrected chi connectivity index (χ0v) is 11.4. The Hall–Kier alpha value is -1.13. The van der Waals surface area contributed by atoms with Crippen molar-refractivity contribution in [1.29, 1.82) is 0 Å². The molecule has 0 aliphatic carbocycles. The number of alkyl halides is 1. The fourth-order valence-corrected chi connectivity index (χ4v) is 2.14. The molecule has 0 saturated heterocycles. The summed E-state index contributed by atoms with van der Waals surface area (Å²) in [6.07, 6.45) is 0. The number of halogens is 4. The highest BCUT2D eigenvalue weighted by Gasteiger charge is 2.11. The molecule has 0 aromatic heterocycles. The smallest absolute Gasteiger partial charge is 0.167 e. The van der Waals surface area contributed by atoms with Crippen LogP contribution in [-0.2, 0) is 5.33 Å². The molecule has 0 aliphatic rings. The Balaban J connectivity index is 2.37. The van der Waals surface area contributed by atoms with Gasteiger partial charge in [-0.25, -0.2) is 8.78 Å². The van der Waals surface area contributed by atoms with Gasteiger partial charge in [0.05, 0.1) is 0 Å². The van der Waals surface area contributed by atoms with E-state index in [0.717, 1.165) is 6.07 Å². The van der Waals surface area contributed by atoms with Gasteiger partial charge in [0, 0.05) is 15.9 Å². The predicted molar refractivity (Wildman–Crippen MR) is 70.5 cm³/mol. The van der Waals surface area contributed by atoms with Crippen LogP contribution in [0.25, 0.3) is 0 Å². The molecule has 2 aromatic carbocycles. The minimum Gasteiger partial charge on any atom is -0.454 e. The summed E-state index contributed by atoms with van der Waals surface area (Å²) in [5.41, 5.74) is 0.340. The van der Waals surface area contributed by atoms with Gasteiger partial charge >= 0.3 is 0 Å². The van der Waals surface area contributed by atoms with E-state index >= 15 is 0 Å². The lowest BCUT2D eigenvalue weighted by molar-refractivity contribution is 0.435. The zero-order chi connectivity index (χ0) is 13.1. The first-order valence-electron chi connectivity index (χ1n) is 5.08. The minimum atomic E-state index is -0.590. The first-order chi connectivity index (χ1) is 8.61. The summed E-state index contributed by atoms with van der Waals surface area (Å²) in [5.74, 6) is -0.716. The second-order valence-electron chi connectivity index (χ2n) is 3.53. The average Bonchev–Trinajstić information content (AvgIpc) is 2.33. The molecule has 2 aromatic rings. The molecule has 0 radical (unpaired) electrons. The van der Waals surface area contributed by atoms with Gasteiger partial charge in [-0.3, -0.25) is 0 Å². The molecule has 1 nitrogen and oxygen atoms in total. The largest absolute Gasteiger partial charge is 0.454 e. The van der Waals surface area contributed by atoms with Crippen LogP contribution in [0.4, 0.5) is 8.78 Å². The van der Waals surface area contributed by atoms with Crippen LogP contribution in [0.15, 0.2) is 36.4 Å². The topological polar surface area (TPSA) is 9.23 Å². The molecule has 0 N–H and O–H groups in total. The van der Waals surface area contributed by atoms with Crippen LogP contribution in [0, 0.1) is 11.6 Å². The molecule has 0 atom stereocenters. The van der Waals surface area contributed by atoms with Gasteiger partial charge in [-0.05, 0) is 30.3 Å². The monoisotopic (exact) mass is 332 g/mol. The molecule has 0 unspecified atom stereocenters. The molecule has 0 bridgehead atoms. The van der Waals surface area contributed by atoms with Gasteiger partial charge in [-0.15, -0.1) is 0 Å². The third-order valence-electron chi connectivity index (χ3n) is 2.32. The molecule has 0 spiro atoms. The van der Waals surface area contributed by atoms with Crippen molar-refractivity contribution < 1.29 is 13.5 Å². The Labute approximate surface area is 116 Å². The minimum absolute atomic E-state index is 0.00667. The van der Waals surface area contributed by atoms with Crippen molar-refractivity contribution in [1.82, 2.24) is 0 Å². The van der Waals surface area contributed by atoms with Crippen molar-refractivity contribution in [3.63, 3.8) is 0 Å². The highest BCUT2D eigenvalue weighted by molar-refractivity contribution is 9.08. The van der Waals surface area contributed by atoms with Gasteiger partial charge in [0.15, 0.2) is 11.6 Å². The summed E-state index contributed by atoms with van der Waals surface area (Å²) >= 11 is 8.81. The highest BCUT2D eigenvalue weighted by Crippen LogP contribution is 2.31. The van der Waals surface area contributed by atoms with Crippen LogP contribution in [0.1, 0.15) is 5.56 Å². The van der Waals surface area contributed by atoms with Crippen molar-refractivity contribution in [3.8, 4) is 11.5 Å². The number of benzene rings is 2. The summed E-state index contributed by atoms with van der Waals surface area (Å²) in [6.45, 7) is 0. The third-order valence-corrected chi connectivity index (χ3v) is 3.12. The van der Waals surface area contributed by atoms with E-state index < -0.39 is 11.6 Å². The van der Waals surface area contributed by atoms with Crippen molar-refractivity contribution in [2.24, 2.45) is 0 Å². The Morgan fingerprint density at radius 3 is 2.50 bits per heavy atom. The highest BCUT2D eigenvalue weighted by atomic mass is 79.9. The van der Waals surface area contributed by atoms with E-state index in [4.69, 9.17) is 16.3 Å². The maximum Gasteiger partial charge on any atom is 0.167 e. The summed E-state index contributed by atoms with van der Waals surface area (Å²) in [5, 5.41) is 0.560. The predicted octanol–water partition coefficient (Wildman–Crippen LogP) is 5.31. The van der Waals surface area contributed by atoms with Crippen LogP contribution in [-0.4, -0.2) is 0 Å². The number of ether oxygens (including phenoxy) is 1. The number of hydrogen-bond acceptors (Lipinski definition) is 1. The van der Waals surface area contributed by atoms with E-state index in [1.165, 1.54) is 24.3 Å². The second kappa shape index (κ2) is 5.67. The standard InChI is InChI=1S/C13H8BrClF2O/c14-7-9-10(16)2-1-3-12(9)18-13-5-4-8(15)6-11(13)17/h1-6H,7H2. The molecule has 0 saturated carbocycles. The fraction of sp³-hybridized carbons (Fsp3) is 0.0769. The Morgan fingerprint density at radius 2 is 1.83 bits per heavy atom. The quantitative estimate of drug-likeness (QED) is 0.692. The lowest BCUT2D eigenvalue weighted by Gasteiger charge is -2.11. The van der Waals surface area contributed by atoms with Gasteiger partial charge in [-0.2, -0.15) is 0 Å². The Bertz CT molecular complexity index is 575. The van der Waals surface area contributed by atoms with E-state index in [-0.39, 0.29) is 21.9 Å². The first-order valence-corrected chi connectivity index (χ1v) is 6.58. The van der Waals surface area contributed by atoms with Crippen LogP contribution < -0.4 is 4.74 Å². The molecule has 0 fully saturated rings. The molecular weight excluding hydrogens is 325 g/mol. The van der Waals surface area contributed by atoms with Gasteiger partial charge < -0.3 is 4.74 Å². The van der Waals surface area contributed by atoms with Gasteiger partial charge in [0.1, 0.15) is 11.6 Å². The van der Waals surface area contributed by atoms with E-state index in [9.17, 15) is 8.78 Å². The third kappa shape index (κ3) is 2.82. The fourth-order valence-electron chi connectivity index (χ4n) is 1.44. The first kappa shape index (κ1) is 13.3. The van der Waals surface area contributed by atoms with Gasteiger partial charge in [0.25, 0.3) is 0 Å². The van der Waals surface area contributed by atoms with E-state index in [2.05, 4.69) is 15.9 Å². The van der Waals surface area contributed by atoms with Crippen LogP contribution in [0.5, 0.6) is 11.5 Å². The summed E-state index contributed by atoms with van der Waals surface area (Å²) in [7, 11) is 0. The van der Waals surface area contributed by atoms with Crippen molar-refractivity contribution in [2.45, 2.75) is 5.33 Å². The zero-order valence-electron chi connectivity index (χ0n) is 9.09. The summed E-state index contributed by atoms with van der Waals surface area (Å²) < 4.78 is 32.4. The number of rotatable bonds is 3. The average molecular weight is 334 g/mol. The molecular formula is C13H8BrClF2O. The molecule has 0 amide bonds. The van der Waals surface area contributed by atoms with Crippen molar-refractivity contribution >= 4 is 27.5 Å². The van der Waals surface area contributed by atoms with Gasteiger partial charge in [-0.1, -0.05) is 33.6 Å². The Kier molecular flexibility index (Phi) is 4.19. The molecule has 18 heavy (non-hydrogen) atoms. The number of hydrogen-bond donors (Lipinski definition) is 0. The SMILES string of the molecule is Fc1cc(Cl)ccc1Oc1cccc(F)c1CBr. The summed E-state index contributed by atoms with van der Waals surface area (Å²) in [6, 6.07) is 8.46. The molecule has 94 valence electrons. The van der Waals surface area contributed by atoms with E-state index in [0.29, 0.717) is 5.56 Å². The van der Waals surface area contributed by atoms with Crippen molar-refractivity contribution in [3.05, 3.63) is 58.6 Å². The normalized spacial score (nSPS) is 10.4. The maximum absolute atomic E-state index is 13.6. The lowest BCUT2D eigenvalue weighted by atomic mass is 10.2. The molecule has 5 heteroatoms. The van der Waals surface area contributed by atoms with Crippen LogP contribution >= 0.6 is 27.5 Å². The Morgan fingerprint density at radius 1 is 1.06 bits per heavy atom. The van der Waals surface area contributed by atoms with Gasteiger partial charge in [0.2, 0.25) is 0 Å². The molecule has 0 heterocycles. The maximum atomic E-state index is 13.6. The molecule has 0 aliphatic heterocycles. The lowest BCUT2D eigenvalue weighted by Crippen LogP contribution is -1.94. The van der Waals surface area contributed by atoms with Crippen LogP contribution in [0.2, 0.25) is 5.02 Å². The molecule has 2 rings (SSSR count). The van der Waals surface area contributed by atoms with Crippen LogP contribution in [0.3, 0.4) is 0 Å². The van der Waals surface area contributed by atoms with E-state index in [1.807, 2.05) is 0 Å². The van der Waals surface area contributed by atoms with Crippen molar-refractivity contribution in [2.75, 3.05) is 0 Å². The van der Waals surface area contributed by atoms with E-state index in [1.54, 1.807) is 6.07 Å². The summed E-state index contributed by atoms with van der Waals surface area (Å²) in [4.78, 5) is 0. The second-order valence-corrected chi connectivity index (χ2v) is 4.52.